The zero-order valence-electron chi connectivity index (χ0n) is 16.3. The Morgan fingerprint density at radius 1 is 1.21 bits per heavy atom. The summed E-state index contributed by atoms with van der Waals surface area (Å²) in [4.78, 5) is 22.1. The largest absolute Gasteiger partial charge is 0.378 e. The lowest BCUT2D eigenvalue weighted by Crippen LogP contribution is -2.36. The van der Waals surface area contributed by atoms with E-state index in [1.54, 1.807) is 0 Å². The topological polar surface area (TPSA) is 93.4 Å². The molecule has 2 aliphatic rings. The number of ether oxygens (including phenoxy) is 1. The molecule has 2 aromatic rings. The van der Waals surface area contributed by atoms with Crippen molar-refractivity contribution in [2.75, 3.05) is 36.5 Å². The van der Waals surface area contributed by atoms with Gasteiger partial charge in [-0.05, 0) is 37.8 Å². The van der Waals surface area contributed by atoms with Crippen molar-refractivity contribution in [3.8, 4) is 11.3 Å². The van der Waals surface area contributed by atoms with Crippen LogP contribution in [0.25, 0.3) is 11.3 Å². The van der Waals surface area contributed by atoms with E-state index in [9.17, 15) is 9.18 Å². The van der Waals surface area contributed by atoms with Gasteiger partial charge in [-0.25, -0.2) is 14.4 Å². The molecule has 1 aromatic carbocycles. The van der Waals surface area contributed by atoms with Crippen LogP contribution in [0.15, 0.2) is 30.5 Å². The Bertz CT molecular complexity index is 864. The summed E-state index contributed by atoms with van der Waals surface area (Å²) in [5.41, 5.74) is 7.42. The molecule has 1 saturated heterocycles. The molecule has 154 valence electrons. The number of hydrogen-bond acceptors (Lipinski definition) is 6. The van der Waals surface area contributed by atoms with Crippen LogP contribution in [-0.2, 0) is 9.53 Å². The maximum Gasteiger partial charge on any atom is 0.223 e. The minimum atomic E-state index is -0.452. The molecule has 0 radical (unpaired) electrons. The van der Waals surface area contributed by atoms with Crippen LogP contribution in [0.2, 0.25) is 0 Å². The molecule has 8 heteroatoms. The smallest absolute Gasteiger partial charge is 0.223 e. The van der Waals surface area contributed by atoms with Crippen molar-refractivity contribution < 1.29 is 13.9 Å². The number of anilines is 2. The van der Waals surface area contributed by atoms with Gasteiger partial charge in [-0.15, -0.1) is 0 Å². The van der Waals surface area contributed by atoms with Gasteiger partial charge in [0, 0.05) is 36.3 Å². The van der Waals surface area contributed by atoms with Crippen LogP contribution >= 0.6 is 0 Å². The molecule has 4 rings (SSSR count). The molecule has 2 heterocycles. The number of carbonyl (C=O) groups is 1. The van der Waals surface area contributed by atoms with Gasteiger partial charge < -0.3 is 20.7 Å². The van der Waals surface area contributed by atoms with Gasteiger partial charge in [-0.1, -0.05) is 12.1 Å². The second-order valence-electron chi connectivity index (χ2n) is 7.64. The van der Waals surface area contributed by atoms with E-state index < -0.39 is 5.82 Å². The van der Waals surface area contributed by atoms with Crippen LogP contribution in [0.5, 0.6) is 0 Å². The van der Waals surface area contributed by atoms with E-state index in [1.807, 2.05) is 24.3 Å². The number of halogens is 1. The molecule has 0 bridgehead atoms. The summed E-state index contributed by atoms with van der Waals surface area (Å²) in [7, 11) is 0. The summed E-state index contributed by atoms with van der Waals surface area (Å²) in [6, 6.07) is 7.91. The van der Waals surface area contributed by atoms with Crippen LogP contribution in [0.1, 0.15) is 25.7 Å². The van der Waals surface area contributed by atoms with E-state index in [0.29, 0.717) is 19.2 Å². The van der Waals surface area contributed by atoms with Crippen molar-refractivity contribution in [1.29, 1.82) is 0 Å². The Balaban J connectivity index is 1.49. The molecule has 0 spiro atoms. The van der Waals surface area contributed by atoms with Crippen LogP contribution < -0.4 is 16.0 Å². The van der Waals surface area contributed by atoms with Crippen LogP contribution in [-0.4, -0.2) is 48.2 Å². The fourth-order valence-corrected chi connectivity index (χ4v) is 4.02. The minimum Gasteiger partial charge on any atom is -0.378 e. The first-order valence-corrected chi connectivity index (χ1v) is 10.1. The van der Waals surface area contributed by atoms with Gasteiger partial charge in [-0.3, -0.25) is 4.79 Å². The first kappa shape index (κ1) is 19.6. The lowest BCUT2D eigenvalue weighted by Gasteiger charge is -2.29. The SMILES string of the molecule is NC(=O)C1CCC(Nc2ncc(F)c(-c3cccc(N4CCOCC4)c3)n2)CC1. The van der Waals surface area contributed by atoms with E-state index >= 15 is 0 Å². The fourth-order valence-electron chi connectivity index (χ4n) is 4.02. The molecule has 7 nitrogen and oxygen atoms in total. The summed E-state index contributed by atoms with van der Waals surface area (Å²) in [5.74, 6) is -0.336. The Morgan fingerprint density at radius 3 is 2.69 bits per heavy atom. The van der Waals surface area contributed by atoms with Crippen molar-refractivity contribution >= 4 is 17.5 Å². The van der Waals surface area contributed by atoms with Crippen LogP contribution in [0, 0.1) is 11.7 Å². The third kappa shape index (κ3) is 4.64. The molecular weight excluding hydrogens is 373 g/mol. The molecule has 0 atom stereocenters. The highest BCUT2D eigenvalue weighted by Crippen LogP contribution is 2.28. The van der Waals surface area contributed by atoms with Crippen molar-refractivity contribution in [1.82, 2.24) is 9.97 Å². The number of primary amides is 1. The van der Waals surface area contributed by atoms with Crippen LogP contribution in [0.4, 0.5) is 16.0 Å². The number of amides is 1. The van der Waals surface area contributed by atoms with Crippen molar-refractivity contribution in [3.63, 3.8) is 0 Å². The zero-order chi connectivity index (χ0) is 20.2. The third-order valence-corrected chi connectivity index (χ3v) is 5.70. The highest BCUT2D eigenvalue weighted by molar-refractivity contribution is 5.76. The third-order valence-electron chi connectivity index (χ3n) is 5.70. The van der Waals surface area contributed by atoms with Gasteiger partial charge in [0.1, 0.15) is 5.69 Å². The van der Waals surface area contributed by atoms with Gasteiger partial charge >= 0.3 is 0 Å². The summed E-state index contributed by atoms with van der Waals surface area (Å²) >= 11 is 0. The number of nitrogens with two attached hydrogens (primary N) is 1. The summed E-state index contributed by atoms with van der Waals surface area (Å²) in [6.45, 7) is 3.02. The Hall–Kier alpha value is -2.74. The summed E-state index contributed by atoms with van der Waals surface area (Å²) < 4.78 is 19.9. The summed E-state index contributed by atoms with van der Waals surface area (Å²) in [6.07, 6.45) is 4.35. The highest BCUT2D eigenvalue weighted by Gasteiger charge is 2.25. The number of hydrogen-bond donors (Lipinski definition) is 2. The number of rotatable bonds is 5. The van der Waals surface area contributed by atoms with Crippen molar-refractivity contribution in [2.45, 2.75) is 31.7 Å². The number of morpholine rings is 1. The zero-order valence-corrected chi connectivity index (χ0v) is 16.3. The fraction of sp³-hybridized carbons (Fsp3) is 0.476. The van der Waals surface area contributed by atoms with Gasteiger partial charge in [0.25, 0.3) is 0 Å². The predicted octanol–water partition coefficient (Wildman–Crippen LogP) is 2.58. The van der Waals surface area contributed by atoms with Crippen molar-refractivity contribution in [2.24, 2.45) is 11.7 Å². The Morgan fingerprint density at radius 2 is 1.97 bits per heavy atom. The lowest BCUT2D eigenvalue weighted by atomic mass is 9.86. The Kier molecular flexibility index (Phi) is 5.89. The minimum absolute atomic E-state index is 0.0549. The van der Waals surface area contributed by atoms with Crippen molar-refractivity contribution in [3.05, 3.63) is 36.3 Å². The molecule has 1 aliphatic heterocycles. The average Bonchev–Trinajstić information content (AvgIpc) is 2.76. The number of nitrogens with zero attached hydrogens (tertiary/aromatic N) is 3. The van der Waals surface area contributed by atoms with E-state index in [-0.39, 0.29) is 23.6 Å². The highest BCUT2D eigenvalue weighted by atomic mass is 19.1. The van der Waals surface area contributed by atoms with Crippen LogP contribution in [0.3, 0.4) is 0 Å². The van der Waals surface area contributed by atoms with E-state index in [2.05, 4.69) is 20.2 Å². The number of nitrogens with one attached hydrogen (secondary N) is 1. The maximum absolute atomic E-state index is 14.5. The first-order valence-electron chi connectivity index (χ1n) is 10.1. The molecule has 1 saturated carbocycles. The number of aromatic nitrogens is 2. The van der Waals surface area contributed by atoms with Gasteiger partial charge in [-0.2, -0.15) is 0 Å². The molecular formula is C21H26FN5O2. The van der Waals surface area contributed by atoms with E-state index in [4.69, 9.17) is 10.5 Å². The average molecular weight is 399 g/mol. The van der Waals surface area contributed by atoms with Gasteiger partial charge in [0.15, 0.2) is 5.82 Å². The maximum atomic E-state index is 14.5. The van der Waals surface area contributed by atoms with Gasteiger partial charge in [0.2, 0.25) is 11.9 Å². The van der Waals surface area contributed by atoms with E-state index in [0.717, 1.165) is 50.0 Å². The molecule has 1 aromatic heterocycles. The van der Waals surface area contributed by atoms with E-state index in [1.165, 1.54) is 6.20 Å². The lowest BCUT2D eigenvalue weighted by molar-refractivity contribution is -0.122. The molecule has 2 fully saturated rings. The molecule has 1 aliphatic carbocycles. The summed E-state index contributed by atoms with van der Waals surface area (Å²) in [5, 5.41) is 3.29. The second kappa shape index (κ2) is 8.73. The normalized spacial score (nSPS) is 22.3. The Labute approximate surface area is 169 Å². The molecule has 3 N–H and O–H groups in total. The monoisotopic (exact) mass is 399 g/mol. The molecule has 1 amide bonds. The van der Waals surface area contributed by atoms with Gasteiger partial charge in [0.05, 0.1) is 19.4 Å². The molecule has 29 heavy (non-hydrogen) atoms. The second-order valence-corrected chi connectivity index (χ2v) is 7.64. The standard InChI is InChI=1S/C21H26FN5O2/c22-18-13-24-21(25-16-6-4-14(5-7-16)20(23)28)26-19(18)15-2-1-3-17(12-15)27-8-10-29-11-9-27/h1-3,12-14,16H,4-11H2,(H2,23,28)(H,24,25,26). The first-order chi connectivity index (χ1) is 14.1. The quantitative estimate of drug-likeness (QED) is 0.803. The predicted molar refractivity (Wildman–Crippen MR) is 109 cm³/mol. The number of benzene rings is 1. The number of carbonyl (C=O) groups excluding carboxylic acids is 1. The molecule has 0 unspecified atom stereocenters.